The number of ether oxygens (including phenoxy) is 1. The number of anilines is 1. The van der Waals surface area contributed by atoms with E-state index in [0.29, 0.717) is 0 Å². The second-order valence-electron chi connectivity index (χ2n) is 5.17. The zero-order valence-electron chi connectivity index (χ0n) is 12.1. The Bertz CT molecular complexity index is 886. The standard InChI is InChI=1S/C10H12N5O7P.Pb.2H/c11-10-13-7-4(8(17)14-10)12-2-15(7)9-5(16)6-3(21-9)1-20-23(18,19)22-6;;;/h2-3,5-6,9,16H,1H2,(H,18,19)(H3,11,13,14,17);;;/t3-,5-,6-,9-;;;/m1.../s1. The summed E-state index contributed by atoms with van der Waals surface area (Å²) in [5, 5.41) is 10.4. The Balaban J connectivity index is 0.00000169. The number of nitrogens with zero attached hydrogens (tertiary/aromatic N) is 3. The van der Waals surface area contributed by atoms with Crippen molar-refractivity contribution in [1.82, 2.24) is 19.5 Å². The van der Waals surface area contributed by atoms with E-state index < -0.39 is 37.9 Å². The average molecular weight is 554 g/mol. The van der Waals surface area contributed by atoms with Crippen molar-refractivity contribution in [2.24, 2.45) is 0 Å². The molecule has 1 unspecified atom stereocenters. The third-order valence-electron chi connectivity index (χ3n) is 3.69. The molecule has 2 aliphatic rings. The van der Waals surface area contributed by atoms with Gasteiger partial charge in [-0.1, -0.05) is 0 Å². The number of phosphoric acid groups is 1. The van der Waals surface area contributed by atoms with Crippen LogP contribution >= 0.6 is 7.82 Å². The van der Waals surface area contributed by atoms with Crippen LogP contribution < -0.4 is 11.3 Å². The summed E-state index contributed by atoms with van der Waals surface area (Å²) in [6.07, 6.45) is -2.85. The summed E-state index contributed by atoms with van der Waals surface area (Å²) < 4.78 is 27.9. The van der Waals surface area contributed by atoms with Crippen LogP contribution in [0.3, 0.4) is 0 Å². The molecule has 2 fully saturated rings. The minimum absolute atomic E-state index is 0. The number of nitrogen functional groups attached to an aromatic ring is 1. The molecule has 2 aromatic rings. The number of aromatic amines is 1. The van der Waals surface area contributed by atoms with E-state index in [9.17, 15) is 19.4 Å². The number of aliphatic hydroxyl groups is 1. The van der Waals surface area contributed by atoms with Crippen molar-refractivity contribution in [3.8, 4) is 0 Å². The maximum absolute atomic E-state index is 11.8. The van der Waals surface area contributed by atoms with Crippen molar-refractivity contribution in [3.05, 3.63) is 16.7 Å². The molecule has 2 saturated heterocycles. The van der Waals surface area contributed by atoms with Gasteiger partial charge in [0.2, 0.25) is 5.95 Å². The number of hydrogen-bond donors (Lipinski definition) is 4. The number of H-pyrrole nitrogens is 1. The first-order chi connectivity index (χ1) is 10.9. The zero-order valence-corrected chi connectivity index (χ0v) is 18.5. The Labute approximate surface area is 153 Å². The SMILES string of the molecule is Nc1nc2c(ncn2[C@@H]2O[C@@H]3COP(=O)(O)O[C@H]3[C@H]2O)c(=O)[nH]1.[PbH2]. The first-order valence-electron chi connectivity index (χ1n) is 6.57. The fourth-order valence-corrected chi connectivity index (χ4v) is 3.66. The Morgan fingerprint density at radius 3 is 3.00 bits per heavy atom. The van der Waals surface area contributed by atoms with Crippen molar-refractivity contribution < 1.29 is 28.3 Å². The molecular formula is C10H14N5O7PPb. The summed E-state index contributed by atoms with van der Waals surface area (Å²) in [5.41, 5.74) is 5.12. The molecule has 14 heteroatoms. The molecule has 2 aromatic heterocycles. The second-order valence-corrected chi connectivity index (χ2v) is 6.57. The number of aromatic nitrogens is 4. The van der Waals surface area contributed by atoms with E-state index in [1.807, 2.05) is 0 Å². The summed E-state index contributed by atoms with van der Waals surface area (Å²) >= 11 is 0. The molecule has 0 bridgehead atoms. The summed E-state index contributed by atoms with van der Waals surface area (Å²) in [6, 6.07) is 0. The van der Waals surface area contributed by atoms with Gasteiger partial charge in [0.1, 0.15) is 18.3 Å². The Morgan fingerprint density at radius 2 is 2.25 bits per heavy atom. The molecule has 0 amide bonds. The van der Waals surface area contributed by atoms with E-state index in [1.165, 1.54) is 10.9 Å². The van der Waals surface area contributed by atoms with E-state index in [0.717, 1.165) is 0 Å². The van der Waals surface area contributed by atoms with Crippen LogP contribution in [-0.2, 0) is 18.3 Å². The molecular weight excluding hydrogens is 540 g/mol. The number of hydrogen-bond acceptors (Lipinski definition) is 9. The Morgan fingerprint density at radius 1 is 1.50 bits per heavy atom. The number of nitrogens with two attached hydrogens (primary N) is 1. The molecule has 24 heavy (non-hydrogen) atoms. The van der Waals surface area contributed by atoms with Crippen molar-refractivity contribution >= 4 is 52.2 Å². The monoisotopic (exact) mass is 555 g/mol. The maximum atomic E-state index is 11.8. The van der Waals surface area contributed by atoms with Gasteiger partial charge in [-0.05, 0) is 0 Å². The predicted octanol–water partition coefficient (Wildman–Crippen LogP) is -2.44. The van der Waals surface area contributed by atoms with Gasteiger partial charge in [-0.2, -0.15) is 4.98 Å². The minimum atomic E-state index is -4.22. The van der Waals surface area contributed by atoms with Crippen molar-refractivity contribution in [2.75, 3.05) is 12.3 Å². The van der Waals surface area contributed by atoms with Gasteiger partial charge in [-0.3, -0.25) is 23.4 Å². The van der Waals surface area contributed by atoms with E-state index in [2.05, 4.69) is 19.5 Å². The molecule has 0 aliphatic carbocycles. The zero-order chi connectivity index (χ0) is 16.4. The number of rotatable bonds is 1. The second kappa shape index (κ2) is 6.12. The summed E-state index contributed by atoms with van der Waals surface area (Å²) in [4.78, 5) is 31.3. The molecule has 0 saturated carbocycles. The molecule has 4 heterocycles. The molecule has 0 spiro atoms. The van der Waals surface area contributed by atoms with E-state index in [4.69, 9.17) is 15.0 Å². The number of imidazole rings is 1. The first-order valence-corrected chi connectivity index (χ1v) is 8.07. The van der Waals surface area contributed by atoms with Crippen LogP contribution in [0.1, 0.15) is 6.23 Å². The van der Waals surface area contributed by atoms with Gasteiger partial charge in [-0.15, -0.1) is 0 Å². The third-order valence-corrected chi connectivity index (χ3v) is 4.68. The molecule has 5 N–H and O–H groups in total. The van der Waals surface area contributed by atoms with Gasteiger partial charge < -0.3 is 20.5 Å². The fraction of sp³-hybridized carbons (Fsp3) is 0.500. The van der Waals surface area contributed by atoms with Gasteiger partial charge >= 0.3 is 35.1 Å². The molecule has 12 nitrogen and oxygen atoms in total. The molecule has 130 valence electrons. The van der Waals surface area contributed by atoms with Crippen LogP contribution in [0, 0.1) is 0 Å². The van der Waals surface area contributed by atoms with Crippen LogP contribution in [0.2, 0.25) is 0 Å². The van der Waals surface area contributed by atoms with Gasteiger partial charge in [0.15, 0.2) is 17.4 Å². The van der Waals surface area contributed by atoms with E-state index in [1.54, 1.807) is 0 Å². The number of fused-ring (bicyclic) bond motifs is 2. The Hall–Kier alpha value is -0.898. The van der Waals surface area contributed by atoms with Gasteiger partial charge in [-0.25, -0.2) is 9.55 Å². The molecule has 2 radical (unpaired) electrons. The number of nitrogens with one attached hydrogen (secondary N) is 1. The average Bonchev–Trinajstić information content (AvgIpc) is 3.00. The number of phosphoric ester groups is 1. The number of aliphatic hydroxyl groups excluding tert-OH is 1. The topological polar surface area (TPSA) is 175 Å². The van der Waals surface area contributed by atoms with E-state index in [-0.39, 0.29) is 51.0 Å². The predicted molar refractivity (Wildman–Crippen MR) is 81.7 cm³/mol. The van der Waals surface area contributed by atoms with Gasteiger partial charge in [0.25, 0.3) is 5.56 Å². The molecule has 4 rings (SSSR count). The van der Waals surface area contributed by atoms with Crippen LogP contribution in [-0.4, -0.2) is 81.7 Å². The first kappa shape index (κ1) is 17.9. The normalized spacial score (nSPS) is 35.6. The summed E-state index contributed by atoms with van der Waals surface area (Å²) in [6.45, 7) is -0.214. The fourth-order valence-electron chi connectivity index (χ4n) is 2.69. The summed E-state index contributed by atoms with van der Waals surface area (Å²) in [5.74, 6) is -0.117. The van der Waals surface area contributed by atoms with Crippen molar-refractivity contribution in [1.29, 1.82) is 0 Å². The van der Waals surface area contributed by atoms with Gasteiger partial charge in [0, 0.05) is 0 Å². The molecule has 0 aromatic carbocycles. The van der Waals surface area contributed by atoms with Gasteiger partial charge in [0.05, 0.1) is 12.9 Å². The third kappa shape index (κ3) is 2.81. The Kier molecular flexibility index (Phi) is 4.57. The van der Waals surface area contributed by atoms with Crippen LogP contribution in [0.5, 0.6) is 0 Å². The van der Waals surface area contributed by atoms with Crippen molar-refractivity contribution in [3.63, 3.8) is 0 Å². The quantitative estimate of drug-likeness (QED) is 0.219. The van der Waals surface area contributed by atoms with E-state index >= 15 is 0 Å². The van der Waals surface area contributed by atoms with Crippen molar-refractivity contribution in [2.45, 2.75) is 24.5 Å². The molecule has 2 aliphatic heterocycles. The van der Waals surface area contributed by atoms with Crippen LogP contribution in [0.4, 0.5) is 5.95 Å². The molecule has 5 atom stereocenters. The summed E-state index contributed by atoms with van der Waals surface area (Å²) in [7, 11) is -4.22. The van der Waals surface area contributed by atoms with Crippen LogP contribution in [0.15, 0.2) is 11.1 Å². The van der Waals surface area contributed by atoms with Crippen LogP contribution in [0.25, 0.3) is 11.2 Å².